The number of urea groups is 1. The number of imide groups is 1. The highest BCUT2D eigenvalue weighted by molar-refractivity contribution is 7.99. The third-order valence-electron chi connectivity index (χ3n) is 2.41. The van der Waals surface area contributed by atoms with Gasteiger partial charge >= 0.3 is 6.03 Å². The van der Waals surface area contributed by atoms with Gasteiger partial charge in [0.05, 0.1) is 11.8 Å². The van der Waals surface area contributed by atoms with E-state index in [1.54, 1.807) is 13.8 Å². The fourth-order valence-corrected chi connectivity index (χ4v) is 2.43. The van der Waals surface area contributed by atoms with Crippen LogP contribution in [0.2, 0.25) is 0 Å². The predicted molar refractivity (Wildman–Crippen MR) is 83.0 cm³/mol. The molecule has 0 unspecified atom stereocenters. The van der Waals surface area contributed by atoms with Crippen LogP contribution in [0.5, 0.6) is 5.88 Å². The lowest BCUT2D eigenvalue weighted by Gasteiger charge is -2.11. The minimum Gasteiger partial charge on any atom is -0.493 e. The van der Waals surface area contributed by atoms with Crippen molar-refractivity contribution >= 4 is 23.7 Å². The Morgan fingerprint density at radius 2 is 2.14 bits per heavy atom. The van der Waals surface area contributed by atoms with E-state index >= 15 is 0 Å². The van der Waals surface area contributed by atoms with Crippen molar-refractivity contribution in [2.75, 3.05) is 5.75 Å². The lowest BCUT2D eigenvalue weighted by Crippen LogP contribution is -2.43. The van der Waals surface area contributed by atoms with Gasteiger partial charge < -0.3 is 10.4 Å². The molecule has 0 fully saturated rings. The molecule has 3 amide bonds. The average Bonchev–Trinajstić information content (AvgIpc) is 2.38. The van der Waals surface area contributed by atoms with E-state index in [0.29, 0.717) is 13.0 Å². The first-order valence-electron chi connectivity index (χ1n) is 6.87. The largest absolute Gasteiger partial charge is 0.493 e. The van der Waals surface area contributed by atoms with Crippen LogP contribution < -0.4 is 16.2 Å². The molecule has 0 bridgehead atoms. The van der Waals surface area contributed by atoms with Crippen molar-refractivity contribution < 1.29 is 14.7 Å². The van der Waals surface area contributed by atoms with Crippen molar-refractivity contribution in [3.63, 3.8) is 0 Å². The number of nitrogens with one attached hydrogen (secondary N) is 2. The molecule has 1 rings (SSSR count). The summed E-state index contributed by atoms with van der Waals surface area (Å²) in [5.41, 5.74) is -0.380. The van der Waals surface area contributed by atoms with Crippen molar-refractivity contribution in [1.82, 2.24) is 20.2 Å². The van der Waals surface area contributed by atoms with Crippen molar-refractivity contribution in [1.29, 1.82) is 0 Å². The summed E-state index contributed by atoms with van der Waals surface area (Å²) in [5.74, 6) is -0.993. The van der Waals surface area contributed by atoms with E-state index < -0.39 is 17.8 Å². The van der Waals surface area contributed by atoms with Gasteiger partial charge in [0.25, 0.3) is 5.56 Å². The summed E-state index contributed by atoms with van der Waals surface area (Å²) in [6.07, 6.45) is 0.711. The van der Waals surface area contributed by atoms with E-state index in [9.17, 15) is 19.5 Å². The van der Waals surface area contributed by atoms with Gasteiger partial charge in [0, 0.05) is 12.6 Å². The summed E-state index contributed by atoms with van der Waals surface area (Å²) < 4.78 is 1.38. The topological polar surface area (TPSA) is 113 Å². The van der Waals surface area contributed by atoms with E-state index in [0.717, 1.165) is 17.8 Å². The second kappa shape index (κ2) is 8.42. The van der Waals surface area contributed by atoms with Crippen molar-refractivity contribution in [2.45, 2.75) is 44.9 Å². The van der Waals surface area contributed by atoms with Gasteiger partial charge in [-0.05, 0) is 20.3 Å². The standard InChI is InChI=1S/C13H20N4O4S/c1-4-5-17-11(20)6-9(18)16-13(17)22-7-10(19)15-12(21)14-8(2)3/h6,8,18H,4-5,7H2,1-3H3,(H2,14,15,19,21). The smallest absolute Gasteiger partial charge is 0.321 e. The SMILES string of the molecule is CCCn1c(SCC(=O)NC(=O)NC(C)C)nc(O)cc1=O. The first-order valence-corrected chi connectivity index (χ1v) is 7.86. The van der Waals surface area contributed by atoms with Crippen molar-refractivity contribution in [3.8, 4) is 5.88 Å². The van der Waals surface area contributed by atoms with Gasteiger partial charge in [0.2, 0.25) is 11.8 Å². The molecule has 0 aliphatic rings. The maximum atomic E-state index is 11.8. The van der Waals surface area contributed by atoms with Gasteiger partial charge in [-0.2, -0.15) is 4.98 Å². The minimum absolute atomic E-state index is 0.0806. The molecule has 3 N–H and O–H groups in total. The number of amides is 3. The molecule has 22 heavy (non-hydrogen) atoms. The van der Waals surface area contributed by atoms with Gasteiger partial charge in [0.15, 0.2) is 5.16 Å². The molecule has 0 radical (unpaired) electrons. The molecule has 0 saturated heterocycles. The molecule has 0 aliphatic heterocycles. The zero-order valence-electron chi connectivity index (χ0n) is 12.8. The lowest BCUT2D eigenvalue weighted by atomic mass is 10.4. The number of aromatic hydroxyl groups is 1. The number of nitrogens with zero attached hydrogens (tertiary/aromatic N) is 2. The first kappa shape index (κ1) is 18.0. The fourth-order valence-electron chi connectivity index (χ4n) is 1.60. The Balaban J connectivity index is 2.69. The Labute approximate surface area is 132 Å². The third-order valence-corrected chi connectivity index (χ3v) is 3.39. The van der Waals surface area contributed by atoms with Crippen LogP contribution in [0.3, 0.4) is 0 Å². The molecule has 9 heteroatoms. The van der Waals surface area contributed by atoms with Crippen LogP contribution in [0.25, 0.3) is 0 Å². The quantitative estimate of drug-likeness (QED) is 0.523. The lowest BCUT2D eigenvalue weighted by molar-refractivity contribution is -0.117. The Hall–Kier alpha value is -2.03. The molecule has 122 valence electrons. The fraction of sp³-hybridized carbons (Fsp3) is 0.538. The summed E-state index contributed by atoms with van der Waals surface area (Å²) in [7, 11) is 0. The molecule has 8 nitrogen and oxygen atoms in total. The number of aromatic nitrogens is 2. The Morgan fingerprint density at radius 1 is 1.45 bits per heavy atom. The highest BCUT2D eigenvalue weighted by Gasteiger charge is 2.13. The summed E-state index contributed by atoms with van der Waals surface area (Å²) in [6, 6.07) is 0.369. The molecule has 1 heterocycles. The van der Waals surface area contributed by atoms with E-state index in [2.05, 4.69) is 15.6 Å². The maximum Gasteiger partial charge on any atom is 0.321 e. The number of hydrogen-bond donors (Lipinski definition) is 3. The molecule has 0 atom stereocenters. The van der Waals surface area contributed by atoms with Crippen LogP contribution in [-0.2, 0) is 11.3 Å². The van der Waals surface area contributed by atoms with Gasteiger partial charge in [-0.1, -0.05) is 18.7 Å². The second-order valence-electron chi connectivity index (χ2n) is 4.85. The van der Waals surface area contributed by atoms with Gasteiger partial charge in [-0.25, -0.2) is 4.79 Å². The molecule has 1 aromatic heterocycles. The van der Waals surface area contributed by atoms with E-state index in [1.807, 2.05) is 6.92 Å². The summed E-state index contributed by atoms with van der Waals surface area (Å²) in [6.45, 7) is 5.89. The minimum atomic E-state index is -0.574. The molecule has 0 aliphatic carbocycles. The Kier molecular flexibility index (Phi) is 6.90. The zero-order chi connectivity index (χ0) is 16.7. The zero-order valence-corrected chi connectivity index (χ0v) is 13.6. The van der Waals surface area contributed by atoms with Crippen LogP contribution in [-0.4, -0.2) is 38.4 Å². The van der Waals surface area contributed by atoms with E-state index in [-0.39, 0.29) is 22.5 Å². The number of hydrogen-bond acceptors (Lipinski definition) is 6. The maximum absolute atomic E-state index is 11.8. The highest BCUT2D eigenvalue weighted by Crippen LogP contribution is 2.16. The summed E-state index contributed by atoms with van der Waals surface area (Å²) >= 11 is 0.984. The molecule has 1 aromatic rings. The molecular weight excluding hydrogens is 308 g/mol. The Bertz CT molecular complexity index is 600. The number of thioether (sulfide) groups is 1. The number of carbonyl (C=O) groups is 2. The Morgan fingerprint density at radius 3 is 2.73 bits per heavy atom. The van der Waals surface area contributed by atoms with Crippen LogP contribution in [0, 0.1) is 0 Å². The average molecular weight is 328 g/mol. The molecule has 0 spiro atoms. The van der Waals surface area contributed by atoms with Gasteiger partial charge in [-0.3, -0.25) is 19.5 Å². The molecule has 0 saturated carbocycles. The van der Waals surface area contributed by atoms with Crippen LogP contribution in [0.15, 0.2) is 16.0 Å². The van der Waals surface area contributed by atoms with E-state index in [4.69, 9.17) is 0 Å². The first-order chi connectivity index (χ1) is 10.3. The number of rotatable bonds is 6. The van der Waals surface area contributed by atoms with Crippen molar-refractivity contribution in [2.24, 2.45) is 0 Å². The van der Waals surface area contributed by atoms with Gasteiger partial charge in [-0.15, -0.1) is 0 Å². The predicted octanol–water partition coefficient (Wildman–Crippen LogP) is 0.685. The highest BCUT2D eigenvalue weighted by atomic mass is 32.2. The van der Waals surface area contributed by atoms with E-state index in [1.165, 1.54) is 4.57 Å². The summed E-state index contributed by atoms with van der Waals surface area (Å²) in [5, 5.41) is 14.3. The molecular formula is C13H20N4O4S. The van der Waals surface area contributed by atoms with Gasteiger partial charge in [0.1, 0.15) is 0 Å². The molecule has 0 aromatic carbocycles. The van der Waals surface area contributed by atoms with Crippen molar-refractivity contribution in [3.05, 3.63) is 16.4 Å². The normalized spacial score (nSPS) is 10.5. The monoisotopic (exact) mass is 328 g/mol. The third kappa shape index (κ3) is 5.76. The van der Waals surface area contributed by atoms with Crippen LogP contribution >= 0.6 is 11.8 Å². The van der Waals surface area contributed by atoms with Crippen LogP contribution in [0.4, 0.5) is 4.79 Å². The second-order valence-corrected chi connectivity index (χ2v) is 5.79. The summed E-state index contributed by atoms with van der Waals surface area (Å²) in [4.78, 5) is 38.7. The number of carbonyl (C=O) groups excluding carboxylic acids is 2. The van der Waals surface area contributed by atoms with Crippen LogP contribution in [0.1, 0.15) is 27.2 Å².